The minimum Gasteiger partial charge on any atom is -0.347 e. The van der Waals surface area contributed by atoms with E-state index in [0.717, 1.165) is 0 Å². The molecule has 96 valence electrons. The van der Waals surface area contributed by atoms with Crippen molar-refractivity contribution in [3.63, 3.8) is 0 Å². The number of hydrogen-bond donors (Lipinski definition) is 0. The van der Waals surface area contributed by atoms with Gasteiger partial charge >= 0.3 is 0 Å². The number of ketones is 2. The van der Waals surface area contributed by atoms with Gasteiger partial charge in [0.1, 0.15) is 11.6 Å². The first kappa shape index (κ1) is 12.7. The van der Waals surface area contributed by atoms with Crippen molar-refractivity contribution in [2.45, 2.75) is 45.8 Å². The normalized spacial score (nSPS) is 36.4. The number of carbonyl (C=O) groups excluding carboxylic acids is 2. The molecule has 0 aromatic heterocycles. The molecule has 1 spiro atoms. The Labute approximate surface area is 102 Å². The molecular formula is C13H20O4. The van der Waals surface area contributed by atoms with Crippen molar-refractivity contribution in [1.29, 1.82) is 0 Å². The van der Waals surface area contributed by atoms with Gasteiger partial charge in [0.05, 0.1) is 13.2 Å². The molecule has 2 rings (SSSR count). The number of Topliss-reactive ketones (excluding diaryl/α,β-unsaturated/α-hetero) is 2. The summed E-state index contributed by atoms with van der Waals surface area (Å²) in [6.45, 7) is 6.52. The van der Waals surface area contributed by atoms with E-state index in [1.807, 2.05) is 13.8 Å². The molecule has 0 amide bonds. The van der Waals surface area contributed by atoms with Gasteiger partial charge in [0.25, 0.3) is 0 Å². The summed E-state index contributed by atoms with van der Waals surface area (Å²) in [4.78, 5) is 23.5. The predicted molar refractivity (Wildman–Crippen MR) is 61.4 cm³/mol. The van der Waals surface area contributed by atoms with Gasteiger partial charge in [0, 0.05) is 30.6 Å². The van der Waals surface area contributed by atoms with E-state index in [0.29, 0.717) is 26.1 Å². The summed E-state index contributed by atoms with van der Waals surface area (Å²) >= 11 is 0. The molecule has 17 heavy (non-hydrogen) atoms. The van der Waals surface area contributed by atoms with E-state index in [4.69, 9.17) is 9.47 Å². The summed E-state index contributed by atoms with van der Waals surface area (Å²) in [6.07, 6.45) is 1.33. The molecule has 2 fully saturated rings. The molecule has 2 atom stereocenters. The van der Waals surface area contributed by atoms with Gasteiger partial charge in [-0.15, -0.1) is 0 Å². The number of ether oxygens (including phenoxy) is 2. The van der Waals surface area contributed by atoms with E-state index in [9.17, 15) is 9.59 Å². The lowest BCUT2D eigenvalue weighted by Crippen LogP contribution is -2.54. The third-order valence-electron chi connectivity index (χ3n) is 4.35. The van der Waals surface area contributed by atoms with Crippen LogP contribution in [0.2, 0.25) is 0 Å². The maximum absolute atomic E-state index is 12.1. The highest BCUT2D eigenvalue weighted by atomic mass is 16.7. The van der Waals surface area contributed by atoms with Crippen LogP contribution in [0, 0.1) is 11.3 Å². The molecule has 1 saturated heterocycles. The monoisotopic (exact) mass is 240 g/mol. The van der Waals surface area contributed by atoms with Crippen molar-refractivity contribution in [3.8, 4) is 0 Å². The SMILES string of the molecule is CC(=O)C[C@]1(C)C(=O)CCC2(OCCO2)[C@@H]1C. The predicted octanol–water partition coefficient (Wildman–Crippen LogP) is 1.71. The topological polar surface area (TPSA) is 52.6 Å². The van der Waals surface area contributed by atoms with Gasteiger partial charge in [-0.05, 0) is 6.92 Å². The fourth-order valence-electron chi connectivity index (χ4n) is 3.15. The number of rotatable bonds is 2. The average molecular weight is 240 g/mol. The standard InChI is InChI=1S/C13H20O4/c1-9(14)8-12(3)10(2)13(5-4-11(12)15)16-6-7-17-13/h10H,4-8H2,1-3H3/t10-,12+/m1/s1. The molecule has 1 aliphatic heterocycles. The van der Waals surface area contributed by atoms with Crippen LogP contribution in [0.3, 0.4) is 0 Å². The highest BCUT2D eigenvalue weighted by Gasteiger charge is 2.56. The smallest absolute Gasteiger partial charge is 0.172 e. The Hall–Kier alpha value is -0.740. The first-order valence-electron chi connectivity index (χ1n) is 6.21. The fraction of sp³-hybridized carbons (Fsp3) is 0.846. The van der Waals surface area contributed by atoms with Crippen molar-refractivity contribution < 1.29 is 19.1 Å². The average Bonchev–Trinajstić information content (AvgIpc) is 2.71. The van der Waals surface area contributed by atoms with E-state index in [1.165, 1.54) is 6.92 Å². The second kappa shape index (κ2) is 4.18. The molecule has 4 nitrogen and oxygen atoms in total. The number of carbonyl (C=O) groups is 2. The van der Waals surface area contributed by atoms with E-state index in [1.54, 1.807) is 0 Å². The van der Waals surface area contributed by atoms with Crippen LogP contribution in [-0.4, -0.2) is 30.6 Å². The molecule has 0 unspecified atom stereocenters. The molecule has 0 bridgehead atoms. The molecule has 0 radical (unpaired) electrons. The minimum absolute atomic E-state index is 0.0442. The minimum atomic E-state index is -0.644. The summed E-state index contributed by atoms with van der Waals surface area (Å²) in [5.41, 5.74) is -0.644. The zero-order valence-corrected chi connectivity index (χ0v) is 10.7. The lowest BCUT2D eigenvalue weighted by atomic mass is 9.62. The zero-order chi connectivity index (χ0) is 12.7. The molecule has 1 saturated carbocycles. The van der Waals surface area contributed by atoms with Gasteiger partial charge in [0.2, 0.25) is 0 Å². The van der Waals surface area contributed by atoms with Crippen LogP contribution in [0.5, 0.6) is 0 Å². The van der Waals surface area contributed by atoms with Gasteiger partial charge in [-0.25, -0.2) is 0 Å². The summed E-state index contributed by atoms with van der Waals surface area (Å²) in [6, 6.07) is 0. The van der Waals surface area contributed by atoms with Crippen molar-refractivity contribution in [2.75, 3.05) is 13.2 Å². The first-order chi connectivity index (χ1) is 7.91. The van der Waals surface area contributed by atoms with Gasteiger partial charge in [-0.2, -0.15) is 0 Å². The molecule has 1 heterocycles. The largest absolute Gasteiger partial charge is 0.347 e. The summed E-state index contributed by atoms with van der Waals surface area (Å²) in [5.74, 6) is -0.520. The molecule has 0 N–H and O–H groups in total. The van der Waals surface area contributed by atoms with Crippen LogP contribution in [0.1, 0.15) is 40.0 Å². The Bertz CT molecular complexity index is 343. The van der Waals surface area contributed by atoms with E-state index >= 15 is 0 Å². The number of hydrogen-bond acceptors (Lipinski definition) is 4. The van der Waals surface area contributed by atoms with E-state index in [-0.39, 0.29) is 23.9 Å². The second-order valence-electron chi connectivity index (χ2n) is 5.45. The Morgan fingerprint density at radius 3 is 2.53 bits per heavy atom. The zero-order valence-electron chi connectivity index (χ0n) is 10.7. The second-order valence-corrected chi connectivity index (χ2v) is 5.45. The Kier molecular flexibility index (Phi) is 3.12. The van der Waals surface area contributed by atoms with Gasteiger partial charge in [-0.3, -0.25) is 9.59 Å². The van der Waals surface area contributed by atoms with Crippen molar-refractivity contribution in [1.82, 2.24) is 0 Å². The summed E-state index contributed by atoms with van der Waals surface area (Å²) in [5, 5.41) is 0. The highest BCUT2D eigenvalue weighted by Crippen LogP contribution is 2.50. The van der Waals surface area contributed by atoms with Crippen LogP contribution >= 0.6 is 0 Å². The molecule has 2 aliphatic rings. The van der Waals surface area contributed by atoms with Gasteiger partial charge in [0.15, 0.2) is 5.79 Å². The summed E-state index contributed by atoms with van der Waals surface area (Å²) in [7, 11) is 0. The van der Waals surface area contributed by atoms with E-state index < -0.39 is 11.2 Å². The first-order valence-corrected chi connectivity index (χ1v) is 6.21. The Morgan fingerprint density at radius 1 is 1.41 bits per heavy atom. The van der Waals surface area contributed by atoms with Gasteiger partial charge < -0.3 is 9.47 Å². The van der Waals surface area contributed by atoms with Crippen LogP contribution in [-0.2, 0) is 19.1 Å². The van der Waals surface area contributed by atoms with Crippen molar-refractivity contribution >= 4 is 11.6 Å². The van der Waals surface area contributed by atoms with Crippen LogP contribution in [0.15, 0.2) is 0 Å². The van der Waals surface area contributed by atoms with Crippen molar-refractivity contribution in [3.05, 3.63) is 0 Å². The lowest BCUT2D eigenvalue weighted by molar-refractivity contribution is -0.232. The quantitative estimate of drug-likeness (QED) is 0.737. The maximum atomic E-state index is 12.1. The molecule has 0 aromatic carbocycles. The molecule has 0 aromatic rings. The molecular weight excluding hydrogens is 220 g/mol. The van der Waals surface area contributed by atoms with Crippen LogP contribution in [0.4, 0.5) is 0 Å². The molecule has 1 aliphatic carbocycles. The van der Waals surface area contributed by atoms with E-state index in [2.05, 4.69) is 0 Å². The third kappa shape index (κ3) is 1.93. The highest BCUT2D eigenvalue weighted by molar-refractivity contribution is 5.91. The fourth-order valence-corrected chi connectivity index (χ4v) is 3.15. The van der Waals surface area contributed by atoms with Crippen molar-refractivity contribution in [2.24, 2.45) is 11.3 Å². The molecule has 4 heteroatoms. The Balaban J connectivity index is 2.29. The lowest BCUT2D eigenvalue weighted by Gasteiger charge is -2.47. The summed E-state index contributed by atoms with van der Waals surface area (Å²) < 4.78 is 11.5. The third-order valence-corrected chi connectivity index (χ3v) is 4.35. The Morgan fingerprint density at radius 2 is 2.00 bits per heavy atom. The van der Waals surface area contributed by atoms with Crippen LogP contribution < -0.4 is 0 Å². The maximum Gasteiger partial charge on any atom is 0.172 e. The van der Waals surface area contributed by atoms with Gasteiger partial charge in [-0.1, -0.05) is 13.8 Å². The van der Waals surface area contributed by atoms with Crippen LogP contribution in [0.25, 0.3) is 0 Å².